The minimum atomic E-state index is -2.78. The van der Waals surface area contributed by atoms with E-state index in [1.54, 1.807) is 31.5 Å². The van der Waals surface area contributed by atoms with Crippen LogP contribution in [-0.2, 0) is 22.4 Å². The molecule has 3 aromatic rings. The van der Waals surface area contributed by atoms with Gasteiger partial charge in [-0.2, -0.15) is 0 Å². The third-order valence-corrected chi connectivity index (χ3v) is 14.8. The first kappa shape index (κ1) is 42.9. The number of methoxy groups -OCH3 is 1. The number of nitrogens with one attached hydrogen (secondary N) is 2. The molecule has 0 saturated heterocycles. The first-order valence-corrected chi connectivity index (χ1v) is 22.2. The van der Waals surface area contributed by atoms with Crippen LogP contribution >= 0.6 is 0 Å². The van der Waals surface area contributed by atoms with Gasteiger partial charge in [0.1, 0.15) is 11.4 Å². The molecule has 0 spiro atoms. The van der Waals surface area contributed by atoms with Crippen molar-refractivity contribution >= 4 is 20.3 Å². The van der Waals surface area contributed by atoms with Crippen molar-refractivity contribution in [3.63, 3.8) is 0 Å². The summed E-state index contributed by atoms with van der Waals surface area (Å²) in [5.74, 6) is -1.07. The molecule has 0 bridgehead atoms. The first-order chi connectivity index (χ1) is 25.3. The number of alkyl carbamates (subject to hydrolysis) is 1. The van der Waals surface area contributed by atoms with E-state index in [0.29, 0.717) is 37.1 Å². The molecule has 54 heavy (non-hydrogen) atoms. The number of rotatable bonds is 15. The van der Waals surface area contributed by atoms with Crippen molar-refractivity contribution in [2.75, 3.05) is 7.11 Å². The van der Waals surface area contributed by atoms with Gasteiger partial charge in [0.2, 0.25) is 11.8 Å². The van der Waals surface area contributed by atoms with E-state index in [4.69, 9.17) is 9.47 Å². The molecule has 0 unspecified atom stereocenters. The number of aliphatic hydroxyl groups is 1. The maximum absolute atomic E-state index is 15.2. The van der Waals surface area contributed by atoms with Crippen LogP contribution in [0.25, 0.3) is 11.1 Å². The van der Waals surface area contributed by atoms with E-state index in [1.165, 1.54) is 6.07 Å². The molecule has 6 atom stereocenters. The highest BCUT2D eigenvalue weighted by Gasteiger charge is 2.43. The lowest BCUT2D eigenvalue weighted by atomic mass is 9.78. The second-order valence-corrected chi connectivity index (χ2v) is 21.9. The molecule has 1 saturated carbocycles. The molecule has 9 nitrogen and oxygen atoms in total. The van der Waals surface area contributed by atoms with Crippen molar-refractivity contribution in [3.05, 3.63) is 83.8 Å². The fourth-order valence-electron chi connectivity index (χ4n) is 7.33. The predicted octanol–water partition coefficient (Wildman–Crippen LogP) is 8.23. The highest BCUT2D eigenvalue weighted by Crippen LogP contribution is 2.44. The van der Waals surface area contributed by atoms with Crippen LogP contribution in [-0.4, -0.2) is 66.1 Å². The summed E-state index contributed by atoms with van der Waals surface area (Å²) >= 11 is 0. The van der Waals surface area contributed by atoms with Crippen molar-refractivity contribution in [1.29, 1.82) is 0 Å². The van der Waals surface area contributed by atoms with E-state index < -0.39 is 55.0 Å². The quantitative estimate of drug-likeness (QED) is 0.115. The standard InChI is InChI=1S/C43H62FN3O6Si/c1-28-13-12-16-37(48)39(28)47-40(49)33(24-31-14-10-11-15-35(31)44)25-34(26-43(5,6)54(8,9)51)36(46-41(50)53-42(2,3)4)23-29-17-19-30(20-18-29)32-21-22-38(52-7)45-27-32/h10-11,14-15,17-22,27-28,33-34,36-37,39,48,51H,12-13,16,23-26H2,1-9H3,(H,46,50)(H,47,49)/t28-,33-,34-,36+,37-,39+/m1/s1. The summed E-state index contributed by atoms with van der Waals surface area (Å²) in [6, 6.07) is 17.4. The van der Waals surface area contributed by atoms with Crippen molar-refractivity contribution in [3.8, 4) is 17.0 Å². The van der Waals surface area contributed by atoms with Gasteiger partial charge >= 0.3 is 6.09 Å². The predicted molar refractivity (Wildman–Crippen MR) is 214 cm³/mol. The summed E-state index contributed by atoms with van der Waals surface area (Å²) in [6.07, 6.45) is 4.24. The van der Waals surface area contributed by atoms with E-state index in [-0.39, 0.29) is 24.2 Å². The zero-order valence-electron chi connectivity index (χ0n) is 33.6. The van der Waals surface area contributed by atoms with E-state index >= 15 is 4.39 Å². The molecule has 11 heteroatoms. The zero-order valence-corrected chi connectivity index (χ0v) is 34.6. The molecule has 0 radical (unpaired) electrons. The molecule has 1 fully saturated rings. The average molecular weight is 764 g/mol. The first-order valence-electron chi connectivity index (χ1n) is 19.3. The Balaban J connectivity index is 1.75. The second kappa shape index (κ2) is 18.2. The Bertz CT molecular complexity index is 1660. The fraction of sp³-hybridized carbons (Fsp3) is 0.558. The maximum Gasteiger partial charge on any atom is 0.407 e. The molecule has 1 aliphatic rings. The lowest BCUT2D eigenvalue weighted by Gasteiger charge is -2.41. The number of benzene rings is 2. The number of hydrogen-bond acceptors (Lipinski definition) is 7. The number of aliphatic hydroxyl groups excluding tert-OH is 1. The lowest BCUT2D eigenvalue weighted by Crippen LogP contribution is -2.52. The van der Waals surface area contributed by atoms with Gasteiger partial charge in [-0.25, -0.2) is 14.2 Å². The van der Waals surface area contributed by atoms with Crippen LogP contribution < -0.4 is 15.4 Å². The molecule has 0 aliphatic heterocycles. The van der Waals surface area contributed by atoms with Gasteiger partial charge in [-0.1, -0.05) is 69.7 Å². The van der Waals surface area contributed by atoms with E-state index in [9.17, 15) is 19.5 Å². The maximum atomic E-state index is 15.2. The Kier molecular flexibility index (Phi) is 14.5. The van der Waals surface area contributed by atoms with Gasteiger partial charge in [0.15, 0.2) is 8.32 Å². The number of halogens is 1. The van der Waals surface area contributed by atoms with E-state index in [0.717, 1.165) is 29.5 Å². The number of carbonyl (C=O) groups is 2. The summed E-state index contributed by atoms with van der Waals surface area (Å²) < 4.78 is 26.2. The van der Waals surface area contributed by atoms with Gasteiger partial charge in [-0.3, -0.25) is 4.79 Å². The molecule has 2 aromatic carbocycles. The van der Waals surface area contributed by atoms with Crippen molar-refractivity contribution in [1.82, 2.24) is 15.6 Å². The smallest absolute Gasteiger partial charge is 0.407 e. The third-order valence-electron chi connectivity index (χ3n) is 11.3. The Labute approximate surface area is 322 Å². The molecular weight excluding hydrogens is 702 g/mol. The van der Waals surface area contributed by atoms with Crippen LogP contribution in [0.4, 0.5) is 9.18 Å². The number of amides is 2. The Morgan fingerprint density at radius 1 is 0.981 bits per heavy atom. The largest absolute Gasteiger partial charge is 0.481 e. The van der Waals surface area contributed by atoms with Gasteiger partial charge < -0.3 is 30.0 Å². The van der Waals surface area contributed by atoms with Crippen LogP contribution in [0.2, 0.25) is 18.1 Å². The number of ether oxygens (including phenoxy) is 2. The SMILES string of the molecule is COc1ccc(-c2ccc(C[C@H](NC(=O)OC(C)(C)C)[C@H](C[C@@H](Cc3ccccc3F)C(=O)N[C@H]3[C@H](C)CCC[C@H]3O)CC(C)(C)[Si](C)(C)O)cc2)cn1. The van der Waals surface area contributed by atoms with Gasteiger partial charge in [-0.15, -0.1) is 0 Å². The number of pyridine rings is 1. The Morgan fingerprint density at radius 3 is 2.22 bits per heavy atom. The molecule has 296 valence electrons. The number of nitrogens with zero attached hydrogens (tertiary/aromatic N) is 1. The molecule has 1 aliphatic carbocycles. The molecule has 4 N–H and O–H groups in total. The van der Waals surface area contributed by atoms with Crippen LogP contribution in [0.5, 0.6) is 5.88 Å². The Morgan fingerprint density at radius 2 is 1.65 bits per heavy atom. The summed E-state index contributed by atoms with van der Waals surface area (Å²) in [5, 5.41) is 16.7. The number of hydrogen-bond donors (Lipinski definition) is 4. The topological polar surface area (TPSA) is 130 Å². The molecule has 4 rings (SSSR count). The third kappa shape index (κ3) is 12.1. The van der Waals surface area contributed by atoms with Crippen LogP contribution in [0.15, 0.2) is 66.9 Å². The van der Waals surface area contributed by atoms with Gasteiger partial charge in [0.25, 0.3) is 0 Å². The second-order valence-electron chi connectivity index (χ2n) is 17.4. The van der Waals surface area contributed by atoms with Crippen molar-refractivity contribution in [2.24, 2.45) is 17.8 Å². The van der Waals surface area contributed by atoms with E-state index in [2.05, 4.69) is 15.6 Å². The van der Waals surface area contributed by atoms with Gasteiger partial charge in [0.05, 0.1) is 19.3 Å². The molecule has 2 amide bonds. The fourth-order valence-corrected chi connectivity index (χ4v) is 8.10. The van der Waals surface area contributed by atoms with Crippen molar-refractivity contribution < 1.29 is 33.4 Å². The number of carbonyl (C=O) groups excluding carboxylic acids is 2. The normalized spacial score (nSPS) is 19.7. The monoisotopic (exact) mass is 763 g/mol. The molecular formula is C43H62FN3O6Si. The zero-order chi connectivity index (χ0) is 39.8. The Hall–Kier alpha value is -3.80. The van der Waals surface area contributed by atoms with Crippen LogP contribution in [0.1, 0.15) is 84.8 Å². The number of aromatic nitrogens is 1. The van der Waals surface area contributed by atoms with Gasteiger partial charge in [0, 0.05) is 29.8 Å². The molecule has 1 heterocycles. The summed E-state index contributed by atoms with van der Waals surface area (Å²) in [4.78, 5) is 43.8. The summed E-state index contributed by atoms with van der Waals surface area (Å²) in [7, 11) is -1.21. The van der Waals surface area contributed by atoms with Crippen molar-refractivity contribution in [2.45, 2.75) is 128 Å². The van der Waals surface area contributed by atoms with Gasteiger partial charge in [-0.05, 0) is 118 Å². The molecule has 1 aromatic heterocycles. The lowest BCUT2D eigenvalue weighted by molar-refractivity contribution is -0.128. The minimum Gasteiger partial charge on any atom is -0.481 e. The van der Waals surface area contributed by atoms with Crippen LogP contribution in [0.3, 0.4) is 0 Å². The average Bonchev–Trinajstić information content (AvgIpc) is 3.09. The minimum absolute atomic E-state index is 0.0842. The highest BCUT2D eigenvalue weighted by molar-refractivity contribution is 6.72. The van der Waals surface area contributed by atoms with Crippen LogP contribution in [0, 0.1) is 23.6 Å². The highest BCUT2D eigenvalue weighted by atomic mass is 28.4. The summed E-state index contributed by atoms with van der Waals surface area (Å²) in [5.41, 5.74) is 2.53. The van der Waals surface area contributed by atoms with E-state index in [1.807, 2.05) is 91.0 Å². The summed E-state index contributed by atoms with van der Waals surface area (Å²) in [6.45, 7) is 15.4.